The summed E-state index contributed by atoms with van der Waals surface area (Å²) in [4.78, 5) is 4.15. The first-order valence-electron chi connectivity index (χ1n) is 4.87. The Hall–Kier alpha value is -1.55. The van der Waals surface area contributed by atoms with Gasteiger partial charge >= 0.3 is 0 Å². The van der Waals surface area contributed by atoms with Gasteiger partial charge in [-0.25, -0.2) is 4.98 Å². The molecule has 0 aliphatic carbocycles. The first-order chi connectivity index (χ1) is 7.16. The summed E-state index contributed by atoms with van der Waals surface area (Å²) in [5.74, 6) is 2.25. The van der Waals surface area contributed by atoms with Gasteiger partial charge in [-0.3, -0.25) is 0 Å². The molecule has 80 valence electrons. The van der Waals surface area contributed by atoms with Crippen LogP contribution in [0.1, 0.15) is 23.4 Å². The molecule has 2 rings (SSSR count). The van der Waals surface area contributed by atoms with Gasteiger partial charge in [-0.15, -0.1) is 0 Å². The average Bonchev–Trinajstić information content (AvgIpc) is 2.77. The molecule has 0 fully saturated rings. The van der Waals surface area contributed by atoms with E-state index in [4.69, 9.17) is 4.42 Å². The number of hydrogen-bond donors (Lipinski definition) is 1. The summed E-state index contributed by atoms with van der Waals surface area (Å²) in [7, 11) is 1.91. The van der Waals surface area contributed by atoms with Crippen LogP contribution >= 0.6 is 0 Å². The van der Waals surface area contributed by atoms with Crippen LogP contribution in [0.4, 0.5) is 0 Å². The molecule has 2 heterocycles. The smallest absolute Gasteiger partial charge is 0.133 e. The molecule has 1 unspecified atom stereocenters. The van der Waals surface area contributed by atoms with Crippen LogP contribution in [0.15, 0.2) is 28.9 Å². The number of aryl methyl sites for hydroxylation is 2. The van der Waals surface area contributed by atoms with E-state index in [1.165, 1.54) is 0 Å². The van der Waals surface area contributed by atoms with Crippen molar-refractivity contribution in [3.05, 3.63) is 41.9 Å². The highest BCUT2D eigenvalue weighted by Crippen LogP contribution is 2.19. The minimum Gasteiger partial charge on any atom is -0.464 e. The maximum Gasteiger partial charge on any atom is 0.133 e. The summed E-state index contributed by atoms with van der Waals surface area (Å²) < 4.78 is 7.23. The third-order valence-corrected chi connectivity index (χ3v) is 2.39. The second-order valence-corrected chi connectivity index (χ2v) is 3.62. The van der Waals surface area contributed by atoms with Gasteiger partial charge in [0.2, 0.25) is 0 Å². The Bertz CT molecular complexity index is 445. The van der Waals surface area contributed by atoms with Crippen molar-refractivity contribution in [1.29, 1.82) is 0 Å². The lowest BCUT2D eigenvalue weighted by atomic mass is 10.2. The zero-order valence-corrected chi connectivity index (χ0v) is 8.84. The van der Waals surface area contributed by atoms with Crippen LogP contribution in [-0.4, -0.2) is 14.7 Å². The van der Waals surface area contributed by atoms with Crippen LogP contribution in [0.2, 0.25) is 0 Å². The molecule has 4 nitrogen and oxygen atoms in total. The lowest BCUT2D eigenvalue weighted by Gasteiger charge is -2.07. The summed E-state index contributed by atoms with van der Waals surface area (Å²) in [6.07, 6.45) is 3.42. The van der Waals surface area contributed by atoms with E-state index in [1.54, 1.807) is 12.3 Å². The minimum absolute atomic E-state index is 0.469. The molecule has 15 heavy (non-hydrogen) atoms. The average molecular weight is 206 g/mol. The number of aliphatic hydroxyl groups is 1. The summed E-state index contributed by atoms with van der Waals surface area (Å²) in [5, 5.41) is 9.88. The van der Waals surface area contributed by atoms with Crippen LogP contribution in [-0.2, 0) is 13.5 Å². The van der Waals surface area contributed by atoms with Gasteiger partial charge in [-0.2, -0.15) is 0 Å². The summed E-state index contributed by atoms with van der Waals surface area (Å²) in [5.41, 5.74) is 0. The van der Waals surface area contributed by atoms with Crippen molar-refractivity contribution >= 4 is 0 Å². The van der Waals surface area contributed by atoms with Gasteiger partial charge in [0.15, 0.2) is 0 Å². The Labute approximate surface area is 88.2 Å². The Balaban J connectivity index is 2.10. The predicted molar refractivity (Wildman–Crippen MR) is 55.3 cm³/mol. The Morgan fingerprint density at radius 1 is 1.53 bits per heavy atom. The van der Waals surface area contributed by atoms with Gasteiger partial charge in [0, 0.05) is 25.9 Å². The molecule has 0 aliphatic rings. The second-order valence-electron chi connectivity index (χ2n) is 3.62. The van der Waals surface area contributed by atoms with Crippen molar-refractivity contribution in [2.45, 2.75) is 19.4 Å². The Kier molecular flexibility index (Phi) is 2.60. The van der Waals surface area contributed by atoms with Crippen molar-refractivity contribution < 1.29 is 9.52 Å². The first-order valence-corrected chi connectivity index (χ1v) is 4.87. The molecule has 1 N–H and O–H groups in total. The number of hydrogen-bond acceptors (Lipinski definition) is 3. The maximum atomic E-state index is 9.88. The Morgan fingerprint density at radius 2 is 2.33 bits per heavy atom. The molecule has 0 aromatic carbocycles. The standard InChI is InChI=1S/C11H14N2O2/c1-8-3-4-10(15-8)9(14)7-11-12-5-6-13(11)2/h3-6,9,14H,7H2,1-2H3. The van der Waals surface area contributed by atoms with Crippen LogP contribution < -0.4 is 0 Å². The van der Waals surface area contributed by atoms with Crippen molar-refractivity contribution in [1.82, 2.24) is 9.55 Å². The van der Waals surface area contributed by atoms with Crippen molar-refractivity contribution in [3.8, 4) is 0 Å². The van der Waals surface area contributed by atoms with Crippen LogP contribution in [0.5, 0.6) is 0 Å². The molecule has 0 radical (unpaired) electrons. The molecular formula is C11H14N2O2. The lowest BCUT2D eigenvalue weighted by molar-refractivity contribution is 0.145. The molecule has 0 bridgehead atoms. The fraction of sp³-hybridized carbons (Fsp3) is 0.364. The second kappa shape index (κ2) is 3.90. The van der Waals surface area contributed by atoms with Crippen LogP contribution in [0, 0.1) is 6.92 Å². The Morgan fingerprint density at radius 3 is 2.87 bits per heavy atom. The number of nitrogens with zero attached hydrogens (tertiary/aromatic N) is 2. The van der Waals surface area contributed by atoms with Gasteiger partial charge in [0.25, 0.3) is 0 Å². The van der Waals surface area contributed by atoms with Gasteiger partial charge < -0.3 is 14.1 Å². The molecular weight excluding hydrogens is 192 g/mol. The van der Waals surface area contributed by atoms with Crippen LogP contribution in [0.3, 0.4) is 0 Å². The maximum absolute atomic E-state index is 9.88. The third kappa shape index (κ3) is 2.10. The summed E-state index contributed by atoms with van der Waals surface area (Å²) in [6.45, 7) is 1.86. The number of furan rings is 1. The molecule has 0 saturated heterocycles. The SMILES string of the molecule is Cc1ccc(C(O)Cc2nccn2C)o1. The molecule has 2 aromatic rings. The molecule has 2 aromatic heterocycles. The van der Waals surface area contributed by atoms with Gasteiger partial charge in [-0.05, 0) is 19.1 Å². The largest absolute Gasteiger partial charge is 0.464 e. The minimum atomic E-state index is -0.625. The van der Waals surface area contributed by atoms with E-state index in [2.05, 4.69) is 4.98 Å². The molecule has 4 heteroatoms. The molecule has 0 aliphatic heterocycles. The zero-order chi connectivity index (χ0) is 10.8. The number of aliphatic hydroxyl groups excluding tert-OH is 1. The van der Waals surface area contributed by atoms with Gasteiger partial charge in [0.1, 0.15) is 23.4 Å². The van der Waals surface area contributed by atoms with Crippen molar-refractivity contribution in [2.75, 3.05) is 0 Å². The molecule has 0 spiro atoms. The van der Waals surface area contributed by atoms with E-state index in [1.807, 2.05) is 30.8 Å². The quantitative estimate of drug-likeness (QED) is 0.829. The number of rotatable bonds is 3. The predicted octanol–water partition coefficient (Wildman–Crippen LogP) is 1.60. The highest BCUT2D eigenvalue weighted by atomic mass is 16.4. The monoisotopic (exact) mass is 206 g/mol. The van der Waals surface area contributed by atoms with Crippen LogP contribution in [0.25, 0.3) is 0 Å². The number of aromatic nitrogens is 2. The number of imidazole rings is 1. The highest BCUT2D eigenvalue weighted by molar-refractivity contribution is 5.09. The van der Waals surface area contributed by atoms with E-state index in [0.29, 0.717) is 12.2 Å². The van der Waals surface area contributed by atoms with Crippen molar-refractivity contribution in [3.63, 3.8) is 0 Å². The van der Waals surface area contributed by atoms with Gasteiger partial charge in [-0.1, -0.05) is 0 Å². The first kappa shape index (κ1) is 9.98. The van der Waals surface area contributed by atoms with E-state index < -0.39 is 6.10 Å². The van der Waals surface area contributed by atoms with E-state index in [0.717, 1.165) is 11.6 Å². The topological polar surface area (TPSA) is 51.2 Å². The van der Waals surface area contributed by atoms with E-state index >= 15 is 0 Å². The normalized spacial score (nSPS) is 13.0. The van der Waals surface area contributed by atoms with Crippen molar-refractivity contribution in [2.24, 2.45) is 7.05 Å². The van der Waals surface area contributed by atoms with E-state index in [-0.39, 0.29) is 0 Å². The van der Waals surface area contributed by atoms with Gasteiger partial charge in [0.05, 0.1) is 0 Å². The fourth-order valence-electron chi connectivity index (χ4n) is 1.50. The fourth-order valence-corrected chi connectivity index (χ4v) is 1.50. The third-order valence-electron chi connectivity index (χ3n) is 2.39. The van der Waals surface area contributed by atoms with E-state index in [9.17, 15) is 5.11 Å². The highest BCUT2D eigenvalue weighted by Gasteiger charge is 2.14. The molecule has 1 atom stereocenters. The molecule has 0 amide bonds. The summed E-state index contributed by atoms with van der Waals surface area (Å²) in [6, 6.07) is 3.64. The lowest BCUT2D eigenvalue weighted by Crippen LogP contribution is -2.05. The zero-order valence-electron chi connectivity index (χ0n) is 8.84. The molecule has 0 saturated carbocycles. The summed E-state index contributed by atoms with van der Waals surface area (Å²) >= 11 is 0.